The van der Waals surface area contributed by atoms with Gasteiger partial charge >= 0.3 is 0 Å². The van der Waals surface area contributed by atoms with Crippen LogP contribution in [0.5, 0.6) is 11.5 Å². The van der Waals surface area contributed by atoms with Gasteiger partial charge in [0.2, 0.25) is 0 Å². The molecule has 2 aromatic carbocycles. The normalized spacial score (nSPS) is 14.3. The van der Waals surface area contributed by atoms with Crippen LogP contribution < -0.4 is 19.8 Å². The summed E-state index contributed by atoms with van der Waals surface area (Å²) >= 11 is 0. The Morgan fingerprint density at radius 3 is 2.21 bits per heavy atom. The maximum atomic E-state index is 13.0. The van der Waals surface area contributed by atoms with Crippen molar-refractivity contribution < 1.29 is 9.47 Å². The van der Waals surface area contributed by atoms with Crippen molar-refractivity contribution in [2.24, 2.45) is 0 Å². The number of hydrogen-bond donors (Lipinski definition) is 1. The van der Waals surface area contributed by atoms with Crippen LogP contribution in [0.25, 0.3) is 22.2 Å². The Hall–Kier alpha value is -2.95. The third-order valence-corrected chi connectivity index (χ3v) is 5.62. The second-order valence-electron chi connectivity index (χ2n) is 7.30. The van der Waals surface area contributed by atoms with Crippen LogP contribution in [-0.4, -0.2) is 32.3 Å². The van der Waals surface area contributed by atoms with E-state index in [-0.39, 0.29) is 5.43 Å². The maximum absolute atomic E-state index is 13.0. The third-order valence-electron chi connectivity index (χ3n) is 5.62. The molecule has 0 amide bonds. The third kappa shape index (κ3) is 3.21. The zero-order valence-corrected chi connectivity index (χ0v) is 16.7. The summed E-state index contributed by atoms with van der Waals surface area (Å²) in [7, 11) is 3.17. The standard InChI is InChI=1S/C23H26N2O3/c1-15-22(16-7-9-17(10-8-16)25-11-5-4-6-12-25)24-19-14-21(28-3)20(27-2)13-18(19)23(15)26/h7-10,13-14H,4-6,11-12H2,1-3H3,(H,24,26). The van der Waals surface area contributed by atoms with E-state index in [2.05, 4.69) is 34.1 Å². The van der Waals surface area contributed by atoms with E-state index in [0.717, 1.165) is 29.9 Å². The van der Waals surface area contributed by atoms with E-state index in [9.17, 15) is 4.79 Å². The zero-order chi connectivity index (χ0) is 19.7. The molecule has 1 aliphatic rings. The van der Waals surface area contributed by atoms with Gasteiger partial charge in [0.15, 0.2) is 16.9 Å². The highest BCUT2D eigenvalue weighted by Crippen LogP contribution is 2.32. The van der Waals surface area contributed by atoms with Gasteiger partial charge in [-0.25, -0.2) is 0 Å². The molecule has 1 aliphatic heterocycles. The van der Waals surface area contributed by atoms with Crippen LogP contribution in [0, 0.1) is 6.92 Å². The van der Waals surface area contributed by atoms with Crippen LogP contribution in [0.4, 0.5) is 5.69 Å². The van der Waals surface area contributed by atoms with E-state index in [1.54, 1.807) is 20.3 Å². The number of aromatic amines is 1. The summed E-state index contributed by atoms with van der Waals surface area (Å²) in [6.45, 7) is 4.10. The van der Waals surface area contributed by atoms with Gasteiger partial charge in [-0.15, -0.1) is 0 Å². The molecule has 0 saturated carbocycles. The molecule has 0 spiro atoms. The van der Waals surface area contributed by atoms with Crippen LogP contribution in [-0.2, 0) is 0 Å². The Labute approximate surface area is 164 Å². The molecule has 1 fully saturated rings. The zero-order valence-electron chi connectivity index (χ0n) is 16.7. The number of aromatic nitrogens is 1. The van der Waals surface area contributed by atoms with E-state index in [1.807, 2.05) is 13.0 Å². The second kappa shape index (κ2) is 7.58. The second-order valence-corrected chi connectivity index (χ2v) is 7.30. The van der Waals surface area contributed by atoms with Crippen molar-refractivity contribution in [1.82, 2.24) is 4.98 Å². The topological polar surface area (TPSA) is 54.6 Å². The van der Waals surface area contributed by atoms with E-state index in [1.165, 1.54) is 24.9 Å². The predicted octanol–water partition coefficient (Wildman–Crippen LogP) is 4.51. The summed E-state index contributed by atoms with van der Waals surface area (Å²) in [4.78, 5) is 18.8. The van der Waals surface area contributed by atoms with Crippen LogP contribution in [0.2, 0.25) is 0 Å². The lowest BCUT2D eigenvalue weighted by atomic mass is 10.0. The minimum atomic E-state index is 0.00445. The molecule has 1 N–H and O–H groups in total. The highest BCUT2D eigenvalue weighted by molar-refractivity contribution is 5.86. The summed E-state index contributed by atoms with van der Waals surface area (Å²) in [5.41, 5.74) is 4.54. The van der Waals surface area contributed by atoms with Crippen molar-refractivity contribution in [3.05, 3.63) is 52.2 Å². The number of benzene rings is 2. The molecule has 3 aromatic rings. The Kier molecular flexibility index (Phi) is 4.99. The van der Waals surface area contributed by atoms with Gasteiger partial charge in [0, 0.05) is 35.8 Å². The number of H-pyrrole nitrogens is 1. The molecule has 28 heavy (non-hydrogen) atoms. The fourth-order valence-corrected chi connectivity index (χ4v) is 3.99. The fraction of sp³-hybridized carbons (Fsp3) is 0.348. The van der Waals surface area contributed by atoms with Crippen LogP contribution >= 0.6 is 0 Å². The summed E-state index contributed by atoms with van der Waals surface area (Å²) in [5.74, 6) is 1.15. The smallest absolute Gasteiger partial charge is 0.193 e. The summed E-state index contributed by atoms with van der Waals surface area (Å²) in [6.07, 6.45) is 3.83. The van der Waals surface area contributed by atoms with Crippen molar-refractivity contribution in [1.29, 1.82) is 0 Å². The number of piperidine rings is 1. The quantitative estimate of drug-likeness (QED) is 0.726. The lowest BCUT2D eigenvalue weighted by molar-refractivity contribution is 0.356. The highest BCUT2D eigenvalue weighted by atomic mass is 16.5. The molecular weight excluding hydrogens is 352 g/mol. The number of anilines is 1. The number of fused-ring (bicyclic) bond motifs is 1. The van der Waals surface area contributed by atoms with Gasteiger partial charge < -0.3 is 19.4 Å². The Morgan fingerprint density at radius 2 is 1.57 bits per heavy atom. The van der Waals surface area contributed by atoms with Crippen molar-refractivity contribution in [2.75, 3.05) is 32.2 Å². The first-order valence-corrected chi connectivity index (χ1v) is 9.76. The number of nitrogens with one attached hydrogen (secondary N) is 1. The number of methoxy groups -OCH3 is 2. The monoisotopic (exact) mass is 378 g/mol. The maximum Gasteiger partial charge on any atom is 0.193 e. The SMILES string of the molecule is COc1cc2[nH]c(-c3ccc(N4CCCCC4)cc3)c(C)c(=O)c2cc1OC. The molecule has 0 radical (unpaired) electrons. The van der Waals surface area contributed by atoms with Gasteiger partial charge in [-0.2, -0.15) is 0 Å². The van der Waals surface area contributed by atoms with Crippen molar-refractivity contribution in [3.8, 4) is 22.8 Å². The summed E-state index contributed by atoms with van der Waals surface area (Å²) in [5, 5.41) is 0.601. The van der Waals surface area contributed by atoms with Gasteiger partial charge in [-0.3, -0.25) is 4.79 Å². The average Bonchev–Trinajstić information content (AvgIpc) is 2.76. The van der Waals surface area contributed by atoms with Crippen molar-refractivity contribution >= 4 is 16.6 Å². The van der Waals surface area contributed by atoms with Crippen LogP contribution in [0.3, 0.4) is 0 Å². The average molecular weight is 378 g/mol. The molecule has 0 aliphatic carbocycles. The lowest BCUT2D eigenvalue weighted by Gasteiger charge is -2.28. The molecule has 5 nitrogen and oxygen atoms in total. The molecular formula is C23H26N2O3. The molecule has 0 unspecified atom stereocenters. The first-order chi connectivity index (χ1) is 13.6. The van der Waals surface area contributed by atoms with Crippen molar-refractivity contribution in [3.63, 3.8) is 0 Å². The van der Waals surface area contributed by atoms with E-state index >= 15 is 0 Å². The molecule has 1 saturated heterocycles. The van der Waals surface area contributed by atoms with Crippen LogP contribution in [0.15, 0.2) is 41.2 Å². The number of pyridine rings is 1. The van der Waals surface area contributed by atoms with Gasteiger partial charge in [0.05, 0.1) is 25.4 Å². The molecule has 4 rings (SSSR count). The molecule has 5 heteroatoms. The molecule has 146 valence electrons. The summed E-state index contributed by atoms with van der Waals surface area (Å²) < 4.78 is 10.7. The summed E-state index contributed by atoms with van der Waals surface area (Å²) in [6, 6.07) is 12.0. The largest absolute Gasteiger partial charge is 0.493 e. The van der Waals surface area contributed by atoms with Gasteiger partial charge in [0.1, 0.15) is 0 Å². The Balaban J connectivity index is 1.77. The number of hydrogen-bond acceptors (Lipinski definition) is 4. The number of nitrogens with zero attached hydrogens (tertiary/aromatic N) is 1. The van der Waals surface area contributed by atoms with Gasteiger partial charge in [-0.05, 0) is 49.9 Å². The fourth-order valence-electron chi connectivity index (χ4n) is 3.99. The molecule has 2 heterocycles. The molecule has 1 aromatic heterocycles. The predicted molar refractivity (Wildman–Crippen MR) is 114 cm³/mol. The van der Waals surface area contributed by atoms with E-state index in [0.29, 0.717) is 22.4 Å². The first-order valence-electron chi connectivity index (χ1n) is 9.76. The van der Waals surface area contributed by atoms with Gasteiger partial charge in [0.25, 0.3) is 0 Å². The minimum Gasteiger partial charge on any atom is -0.493 e. The van der Waals surface area contributed by atoms with Crippen molar-refractivity contribution in [2.45, 2.75) is 26.2 Å². The van der Waals surface area contributed by atoms with E-state index < -0.39 is 0 Å². The Bertz CT molecular complexity index is 1050. The highest BCUT2D eigenvalue weighted by Gasteiger charge is 2.15. The van der Waals surface area contributed by atoms with Crippen LogP contribution in [0.1, 0.15) is 24.8 Å². The Morgan fingerprint density at radius 1 is 0.929 bits per heavy atom. The van der Waals surface area contributed by atoms with E-state index in [4.69, 9.17) is 9.47 Å². The lowest BCUT2D eigenvalue weighted by Crippen LogP contribution is -2.29. The number of rotatable bonds is 4. The van der Waals surface area contributed by atoms with Gasteiger partial charge in [-0.1, -0.05) is 12.1 Å². The molecule has 0 atom stereocenters. The molecule has 0 bridgehead atoms. The number of ether oxygens (including phenoxy) is 2. The first kappa shape index (κ1) is 18.4. The minimum absolute atomic E-state index is 0.00445.